The lowest BCUT2D eigenvalue weighted by molar-refractivity contribution is -0.118. The number of hydrogen-bond donors (Lipinski definition) is 2. The average molecular weight is 379 g/mol. The molecule has 136 valence electrons. The van der Waals surface area contributed by atoms with Crippen molar-refractivity contribution < 1.29 is 9.59 Å². The highest BCUT2D eigenvalue weighted by molar-refractivity contribution is 6.30. The van der Waals surface area contributed by atoms with Crippen LogP contribution >= 0.6 is 11.6 Å². The largest absolute Gasteiger partial charge is 0.336 e. The second-order valence-electron chi connectivity index (χ2n) is 6.13. The summed E-state index contributed by atoms with van der Waals surface area (Å²) in [6.45, 7) is 1.92. The molecule has 3 aromatic rings. The van der Waals surface area contributed by atoms with E-state index in [9.17, 15) is 9.59 Å². The van der Waals surface area contributed by atoms with E-state index in [2.05, 4.69) is 10.6 Å². The first-order valence-corrected chi connectivity index (χ1v) is 8.90. The smallest absolute Gasteiger partial charge is 0.252 e. The maximum atomic E-state index is 12.9. The topological polar surface area (TPSA) is 58.2 Å². The Hall–Kier alpha value is -3.11. The zero-order valence-corrected chi connectivity index (χ0v) is 15.5. The molecule has 0 saturated heterocycles. The second kappa shape index (κ2) is 8.52. The third-order valence-electron chi connectivity index (χ3n) is 4.18. The monoisotopic (exact) mass is 378 g/mol. The Morgan fingerprint density at radius 2 is 1.48 bits per heavy atom. The molecule has 0 radical (unpaired) electrons. The number of benzene rings is 3. The van der Waals surface area contributed by atoms with Gasteiger partial charge in [0.2, 0.25) is 0 Å². The van der Waals surface area contributed by atoms with Crippen LogP contribution in [0.15, 0.2) is 78.9 Å². The first-order valence-electron chi connectivity index (χ1n) is 8.52. The predicted molar refractivity (Wildman–Crippen MR) is 108 cm³/mol. The van der Waals surface area contributed by atoms with E-state index >= 15 is 0 Å². The van der Waals surface area contributed by atoms with E-state index in [0.29, 0.717) is 21.8 Å². The van der Waals surface area contributed by atoms with Crippen LogP contribution in [-0.4, -0.2) is 11.8 Å². The van der Waals surface area contributed by atoms with Crippen LogP contribution in [0.4, 0.5) is 5.69 Å². The Balaban J connectivity index is 1.85. The van der Waals surface area contributed by atoms with Gasteiger partial charge in [-0.15, -0.1) is 0 Å². The SMILES string of the molecule is Cc1ccccc1NC(=O)[C@H](NC(=O)c1ccc(Cl)cc1)c1ccccc1. The highest BCUT2D eigenvalue weighted by atomic mass is 35.5. The van der Waals surface area contributed by atoms with Gasteiger partial charge in [0, 0.05) is 16.3 Å². The van der Waals surface area contributed by atoms with Crippen molar-refractivity contribution in [2.75, 3.05) is 5.32 Å². The molecule has 0 saturated carbocycles. The zero-order valence-electron chi connectivity index (χ0n) is 14.8. The van der Waals surface area contributed by atoms with Crippen molar-refractivity contribution >= 4 is 29.1 Å². The number of hydrogen-bond acceptors (Lipinski definition) is 2. The fraction of sp³-hybridized carbons (Fsp3) is 0.0909. The number of carbonyl (C=O) groups excluding carboxylic acids is 2. The molecule has 27 heavy (non-hydrogen) atoms. The normalized spacial score (nSPS) is 11.5. The Morgan fingerprint density at radius 3 is 2.15 bits per heavy atom. The number of halogens is 1. The van der Waals surface area contributed by atoms with Gasteiger partial charge in [0.05, 0.1) is 0 Å². The molecule has 0 spiro atoms. The molecular formula is C22H19ClN2O2. The Morgan fingerprint density at radius 1 is 0.852 bits per heavy atom. The first-order chi connectivity index (χ1) is 13.0. The van der Waals surface area contributed by atoms with Crippen molar-refractivity contribution in [1.29, 1.82) is 0 Å². The fourth-order valence-corrected chi connectivity index (χ4v) is 2.81. The van der Waals surface area contributed by atoms with Gasteiger partial charge in [-0.05, 0) is 48.4 Å². The standard InChI is InChI=1S/C22H19ClN2O2/c1-15-7-5-6-10-19(15)24-22(27)20(16-8-3-2-4-9-16)25-21(26)17-11-13-18(23)14-12-17/h2-14,20H,1H3,(H,24,27)(H,25,26)/t20-/m1/s1. The number of para-hydroxylation sites is 1. The van der Waals surface area contributed by atoms with Crippen LogP contribution in [0.5, 0.6) is 0 Å². The summed E-state index contributed by atoms with van der Waals surface area (Å²) in [5.41, 5.74) is 2.79. The molecule has 1 atom stereocenters. The number of nitrogens with one attached hydrogen (secondary N) is 2. The van der Waals surface area contributed by atoms with Crippen LogP contribution in [0, 0.1) is 6.92 Å². The molecule has 3 aromatic carbocycles. The van der Waals surface area contributed by atoms with Crippen LogP contribution in [0.2, 0.25) is 5.02 Å². The minimum Gasteiger partial charge on any atom is -0.336 e. The van der Waals surface area contributed by atoms with Gasteiger partial charge in [0.25, 0.3) is 11.8 Å². The lowest BCUT2D eigenvalue weighted by Crippen LogP contribution is -2.37. The summed E-state index contributed by atoms with van der Waals surface area (Å²) in [7, 11) is 0. The van der Waals surface area contributed by atoms with Crippen LogP contribution < -0.4 is 10.6 Å². The minimum absolute atomic E-state index is 0.308. The van der Waals surface area contributed by atoms with Gasteiger partial charge in [0.15, 0.2) is 0 Å². The first kappa shape index (κ1) is 18.7. The van der Waals surface area contributed by atoms with Gasteiger partial charge >= 0.3 is 0 Å². The molecule has 0 aliphatic carbocycles. The molecule has 0 unspecified atom stereocenters. The van der Waals surface area contributed by atoms with Gasteiger partial charge in [0.1, 0.15) is 6.04 Å². The maximum Gasteiger partial charge on any atom is 0.252 e. The molecular weight excluding hydrogens is 360 g/mol. The summed E-state index contributed by atoms with van der Waals surface area (Å²) < 4.78 is 0. The van der Waals surface area contributed by atoms with Crippen LogP contribution in [0.3, 0.4) is 0 Å². The highest BCUT2D eigenvalue weighted by Crippen LogP contribution is 2.19. The maximum absolute atomic E-state index is 12.9. The van der Waals surface area contributed by atoms with Crippen molar-refractivity contribution in [3.05, 3.63) is 101 Å². The van der Waals surface area contributed by atoms with E-state index < -0.39 is 6.04 Å². The van der Waals surface area contributed by atoms with E-state index in [4.69, 9.17) is 11.6 Å². The van der Waals surface area contributed by atoms with Gasteiger partial charge in [-0.3, -0.25) is 9.59 Å². The number of anilines is 1. The van der Waals surface area contributed by atoms with E-state index in [0.717, 1.165) is 5.56 Å². The Labute approximate surface area is 163 Å². The molecule has 0 aliphatic rings. The van der Waals surface area contributed by atoms with Crippen molar-refractivity contribution in [2.45, 2.75) is 13.0 Å². The van der Waals surface area contributed by atoms with Crippen LogP contribution in [0.25, 0.3) is 0 Å². The summed E-state index contributed by atoms with van der Waals surface area (Å²) >= 11 is 5.88. The third kappa shape index (κ3) is 4.74. The molecule has 0 heterocycles. The number of amides is 2. The van der Waals surface area contributed by atoms with Gasteiger partial charge < -0.3 is 10.6 Å². The fourth-order valence-electron chi connectivity index (χ4n) is 2.68. The van der Waals surface area contributed by atoms with Crippen molar-refractivity contribution in [3.8, 4) is 0 Å². The predicted octanol–water partition coefficient (Wildman–Crippen LogP) is 4.76. The van der Waals surface area contributed by atoms with E-state index in [1.165, 1.54) is 0 Å². The van der Waals surface area contributed by atoms with Crippen molar-refractivity contribution in [2.24, 2.45) is 0 Å². The van der Waals surface area contributed by atoms with Gasteiger partial charge in [-0.1, -0.05) is 60.1 Å². The molecule has 0 aromatic heterocycles. The highest BCUT2D eigenvalue weighted by Gasteiger charge is 2.23. The van der Waals surface area contributed by atoms with Crippen molar-refractivity contribution in [1.82, 2.24) is 5.32 Å². The summed E-state index contributed by atoms with van der Waals surface area (Å²) in [6.07, 6.45) is 0. The van der Waals surface area contributed by atoms with Gasteiger partial charge in [-0.2, -0.15) is 0 Å². The lowest BCUT2D eigenvalue weighted by Gasteiger charge is -2.19. The molecule has 2 amide bonds. The number of rotatable bonds is 5. The van der Waals surface area contributed by atoms with Crippen LogP contribution in [-0.2, 0) is 4.79 Å². The summed E-state index contributed by atoms with van der Waals surface area (Å²) in [4.78, 5) is 25.6. The minimum atomic E-state index is -0.825. The van der Waals surface area contributed by atoms with E-state index in [1.54, 1.807) is 24.3 Å². The van der Waals surface area contributed by atoms with E-state index in [1.807, 2.05) is 61.5 Å². The molecule has 4 nitrogen and oxygen atoms in total. The summed E-state index contributed by atoms with van der Waals surface area (Å²) in [6, 6.07) is 22.4. The van der Waals surface area contributed by atoms with Gasteiger partial charge in [-0.25, -0.2) is 0 Å². The molecule has 0 aliphatic heterocycles. The third-order valence-corrected chi connectivity index (χ3v) is 4.43. The second-order valence-corrected chi connectivity index (χ2v) is 6.56. The number of carbonyl (C=O) groups is 2. The quantitative estimate of drug-likeness (QED) is 0.672. The summed E-state index contributed by atoms with van der Waals surface area (Å²) in [5, 5.41) is 6.26. The summed E-state index contributed by atoms with van der Waals surface area (Å²) in [5.74, 6) is -0.654. The Bertz CT molecular complexity index is 940. The average Bonchev–Trinajstić information content (AvgIpc) is 2.69. The van der Waals surface area contributed by atoms with E-state index in [-0.39, 0.29) is 11.8 Å². The van der Waals surface area contributed by atoms with Crippen molar-refractivity contribution in [3.63, 3.8) is 0 Å². The lowest BCUT2D eigenvalue weighted by atomic mass is 10.0. The Kier molecular flexibility index (Phi) is 5.89. The number of aryl methyl sites for hydroxylation is 1. The molecule has 2 N–H and O–H groups in total. The molecule has 3 rings (SSSR count). The molecule has 5 heteroatoms. The van der Waals surface area contributed by atoms with Crippen LogP contribution in [0.1, 0.15) is 27.5 Å². The molecule has 0 fully saturated rings. The zero-order chi connectivity index (χ0) is 19.2. The molecule has 0 bridgehead atoms.